The van der Waals surface area contributed by atoms with Gasteiger partial charge in [-0.2, -0.15) is 0 Å². The zero-order valence-electron chi connectivity index (χ0n) is 13.3. The van der Waals surface area contributed by atoms with Crippen molar-refractivity contribution >= 4 is 33.7 Å². The molecule has 1 amide bonds. The summed E-state index contributed by atoms with van der Waals surface area (Å²) >= 11 is 2.63. The van der Waals surface area contributed by atoms with Gasteiger partial charge in [-0.3, -0.25) is 10.1 Å². The van der Waals surface area contributed by atoms with Crippen LogP contribution in [0.1, 0.15) is 40.1 Å². The van der Waals surface area contributed by atoms with Crippen LogP contribution in [0.15, 0.2) is 24.3 Å². The largest absolute Gasteiger partial charge is 0.296 e. The van der Waals surface area contributed by atoms with E-state index < -0.39 is 0 Å². The minimum atomic E-state index is -0.303. The van der Waals surface area contributed by atoms with E-state index in [1.807, 2.05) is 13.8 Å². The maximum Gasteiger partial charge on any atom is 0.269 e. The molecule has 0 saturated heterocycles. The highest BCUT2D eigenvalue weighted by Gasteiger charge is 2.18. The Morgan fingerprint density at radius 3 is 2.50 bits per heavy atom. The number of nitrogens with zero attached hydrogens (tertiary/aromatic N) is 3. The van der Waals surface area contributed by atoms with Crippen LogP contribution in [0, 0.1) is 12.7 Å². The molecule has 0 aliphatic heterocycles. The van der Waals surface area contributed by atoms with E-state index in [4.69, 9.17) is 0 Å². The van der Waals surface area contributed by atoms with Crippen LogP contribution in [0.2, 0.25) is 0 Å². The number of aromatic nitrogens is 3. The molecule has 3 aromatic rings. The van der Waals surface area contributed by atoms with Crippen molar-refractivity contribution in [2.45, 2.75) is 26.7 Å². The highest BCUT2D eigenvalue weighted by molar-refractivity contribution is 7.17. The molecule has 0 spiro atoms. The molecule has 0 bridgehead atoms. The molecule has 1 aromatic carbocycles. The minimum Gasteiger partial charge on any atom is -0.296 e. The summed E-state index contributed by atoms with van der Waals surface area (Å²) < 4.78 is 13.0. The van der Waals surface area contributed by atoms with Crippen molar-refractivity contribution in [3.8, 4) is 10.6 Å². The number of anilines is 1. The Kier molecular flexibility index (Phi) is 4.68. The number of rotatable bonds is 4. The standard InChI is InChI=1S/C16H15FN4OS2/c1-8(2)14-20-21-16(24-14)19-13(22)12-9(3)18-15(23-12)10-4-6-11(17)7-5-10/h4-8H,1-3H3,(H,19,21,22). The Bertz CT molecular complexity index is 871. The monoisotopic (exact) mass is 362 g/mol. The second-order valence-electron chi connectivity index (χ2n) is 5.49. The molecule has 2 aromatic heterocycles. The first-order valence-corrected chi connectivity index (χ1v) is 8.95. The molecule has 1 N–H and O–H groups in total. The summed E-state index contributed by atoms with van der Waals surface area (Å²) in [6.45, 7) is 5.82. The Hall–Kier alpha value is -2.19. The topological polar surface area (TPSA) is 67.8 Å². The van der Waals surface area contributed by atoms with Crippen LogP contribution in [-0.4, -0.2) is 21.1 Å². The third-order valence-corrected chi connectivity index (χ3v) is 5.59. The van der Waals surface area contributed by atoms with Gasteiger partial charge in [-0.1, -0.05) is 25.2 Å². The average Bonchev–Trinajstić information content (AvgIpc) is 3.15. The van der Waals surface area contributed by atoms with E-state index >= 15 is 0 Å². The second-order valence-corrected chi connectivity index (χ2v) is 7.50. The number of amides is 1. The molecule has 5 nitrogen and oxygen atoms in total. The number of nitrogens with one attached hydrogen (secondary N) is 1. The first kappa shape index (κ1) is 16.7. The molecule has 0 unspecified atom stereocenters. The van der Waals surface area contributed by atoms with Crippen molar-refractivity contribution in [3.05, 3.63) is 45.7 Å². The fraction of sp³-hybridized carbons (Fsp3) is 0.250. The predicted molar refractivity (Wildman–Crippen MR) is 94.2 cm³/mol. The van der Waals surface area contributed by atoms with E-state index in [0.29, 0.717) is 20.7 Å². The first-order chi connectivity index (χ1) is 11.4. The summed E-state index contributed by atoms with van der Waals surface area (Å²) in [5, 5.41) is 12.8. The highest BCUT2D eigenvalue weighted by atomic mass is 32.1. The molecular formula is C16H15FN4OS2. The average molecular weight is 362 g/mol. The second kappa shape index (κ2) is 6.74. The smallest absolute Gasteiger partial charge is 0.269 e. The highest BCUT2D eigenvalue weighted by Crippen LogP contribution is 2.29. The van der Waals surface area contributed by atoms with Crippen LogP contribution in [-0.2, 0) is 0 Å². The Labute approximate surface area is 146 Å². The molecule has 3 rings (SSSR count). The third kappa shape index (κ3) is 3.49. The zero-order valence-corrected chi connectivity index (χ0v) is 15.0. The number of carbonyl (C=O) groups is 1. The van der Waals surface area contributed by atoms with Gasteiger partial charge in [0.15, 0.2) is 0 Å². The minimum absolute atomic E-state index is 0.259. The molecular weight excluding hydrogens is 347 g/mol. The zero-order chi connectivity index (χ0) is 17.3. The number of halogens is 1. The summed E-state index contributed by atoms with van der Waals surface area (Å²) in [5.41, 5.74) is 1.41. The van der Waals surface area contributed by atoms with Gasteiger partial charge >= 0.3 is 0 Å². The van der Waals surface area contributed by atoms with Crippen molar-refractivity contribution in [2.75, 3.05) is 5.32 Å². The number of benzene rings is 1. The van der Waals surface area contributed by atoms with E-state index in [-0.39, 0.29) is 17.6 Å². The molecule has 124 valence electrons. The van der Waals surface area contributed by atoms with E-state index in [1.165, 1.54) is 34.8 Å². The lowest BCUT2D eigenvalue weighted by atomic mass is 10.2. The maximum atomic E-state index is 13.0. The van der Waals surface area contributed by atoms with Crippen LogP contribution in [0.4, 0.5) is 9.52 Å². The van der Waals surface area contributed by atoms with Gasteiger partial charge in [0, 0.05) is 11.5 Å². The van der Waals surface area contributed by atoms with E-state index in [2.05, 4.69) is 20.5 Å². The van der Waals surface area contributed by atoms with E-state index in [1.54, 1.807) is 19.1 Å². The number of aryl methyl sites for hydroxylation is 1. The SMILES string of the molecule is Cc1nc(-c2ccc(F)cc2)sc1C(=O)Nc1nnc(C(C)C)s1. The van der Waals surface area contributed by atoms with E-state index in [9.17, 15) is 9.18 Å². The summed E-state index contributed by atoms with van der Waals surface area (Å²) in [7, 11) is 0. The predicted octanol–water partition coefficient (Wildman–Crippen LogP) is 4.48. The number of hydrogen-bond acceptors (Lipinski definition) is 6. The van der Waals surface area contributed by atoms with Crippen LogP contribution in [0.3, 0.4) is 0 Å². The molecule has 0 atom stereocenters. The summed E-state index contributed by atoms with van der Waals surface area (Å²) in [6.07, 6.45) is 0. The molecule has 0 radical (unpaired) electrons. The lowest BCUT2D eigenvalue weighted by Crippen LogP contribution is -2.11. The molecule has 0 aliphatic rings. The molecule has 0 aliphatic carbocycles. The fourth-order valence-electron chi connectivity index (χ4n) is 2.00. The fourth-order valence-corrected chi connectivity index (χ4v) is 3.70. The van der Waals surface area contributed by atoms with Crippen molar-refractivity contribution in [2.24, 2.45) is 0 Å². The number of carbonyl (C=O) groups excluding carboxylic acids is 1. The lowest BCUT2D eigenvalue weighted by molar-refractivity contribution is 0.102. The molecule has 2 heterocycles. The van der Waals surface area contributed by atoms with Gasteiger partial charge in [-0.05, 0) is 31.2 Å². The molecule has 8 heteroatoms. The van der Waals surface area contributed by atoms with Gasteiger partial charge in [0.2, 0.25) is 5.13 Å². The summed E-state index contributed by atoms with van der Waals surface area (Å²) in [4.78, 5) is 17.4. The van der Waals surface area contributed by atoms with Gasteiger partial charge in [0.25, 0.3) is 5.91 Å². The van der Waals surface area contributed by atoms with Gasteiger partial charge in [-0.15, -0.1) is 21.5 Å². The number of hydrogen-bond donors (Lipinski definition) is 1. The molecule has 0 fully saturated rings. The Balaban J connectivity index is 1.81. The Morgan fingerprint density at radius 2 is 1.88 bits per heavy atom. The summed E-state index contributed by atoms with van der Waals surface area (Å²) in [6, 6.07) is 6.05. The normalized spacial score (nSPS) is 11.0. The van der Waals surface area contributed by atoms with Crippen molar-refractivity contribution < 1.29 is 9.18 Å². The number of thiazole rings is 1. The van der Waals surface area contributed by atoms with Crippen molar-refractivity contribution in [1.29, 1.82) is 0 Å². The van der Waals surface area contributed by atoms with E-state index in [0.717, 1.165) is 10.6 Å². The maximum absolute atomic E-state index is 13.0. The Morgan fingerprint density at radius 1 is 1.17 bits per heavy atom. The summed E-state index contributed by atoms with van der Waals surface area (Å²) in [5.74, 6) is -0.296. The first-order valence-electron chi connectivity index (χ1n) is 7.32. The van der Waals surface area contributed by atoms with Gasteiger partial charge < -0.3 is 0 Å². The van der Waals surface area contributed by atoms with Crippen molar-refractivity contribution in [3.63, 3.8) is 0 Å². The lowest BCUT2D eigenvalue weighted by Gasteiger charge is -1.98. The van der Waals surface area contributed by atoms with Crippen LogP contribution in [0.25, 0.3) is 10.6 Å². The third-order valence-electron chi connectivity index (χ3n) is 3.25. The van der Waals surface area contributed by atoms with Gasteiger partial charge in [0.05, 0.1) is 5.69 Å². The molecule has 0 saturated carbocycles. The van der Waals surface area contributed by atoms with Gasteiger partial charge in [0.1, 0.15) is 20.7 Å². The van der Waals surface area contributed by atoms with Crippen LogP contribution < -0.4 is 5.32 Å². The van der Waals surface area contributed by atoms with Crippen molar-refractivity contribution in [1.82, 2.24) is 15.2 Å². The van der Waals surface area contributed by atoms with Crippen LogP contribution >= 0.6 is 22.7 Å². The van der Waals surface area contributed by atoms with Gasteiger partial charge in [-0.25, -0.2) is 9.37 Å². The quantitative estimate of drug-likeness (QED) is 0.743. The van der Waals surface area contributed by atoms with Crippen LogP contribution in [0.5, 0.6) is 0 Å². The molecule has 24 heavy (non-hydrogen) atoms.